The number of alkyl carbamates (subject to hydrolysis) is 1. The molecule has 0 spiro atoms. The summed E-state index contributed by atoms with van der Waals surface area (Å²) in [6.45, 7) is 6.04. The van der Waals surface area contributed by atoms with Crippen molar-refractivity contribution < 1.29 is 14.6 Å². The second-order valence-electron chi connectivity index (χ2n) is 6.94. The van der Waals surface area contributed by atoms with Crippen LogP contribution in [-0.4, -0.2) is 28.9 Å². The van der Waals surface area contributed by atoms with E-state index in [1.54, 1.807) is 18.2 Å². The molecular weight excluding hydrogens is 316 g/mol. The number of hydrogen-bond donors (Lipinski definition) is 3. The van der Waals surface area contributed by atoms with Gasteiger partial charge in [-0.2, -0.15) is 0 Å². The number of phenolic OH excluding ortho intramolecular Hbond substituents is 1. The van der Waals surface area contributed by atoms with Gasteiger partial charge < -0.3 is 20.5 Å². The molecule has 0 radical (unpaired) electrons. The molecule has 0 heterocycles. The van der Waals surface area contributed by atoms with Crippen LogP contribution < -0.4 is 10.6 Å². The minimum atomic E-state index is -0.502. The molecule has 2 atom stereocenters. The summed E-state index contributed by atoms with van der Waals surface area (Å²) in [5.74, 6) is 0.219. The fourth-order valence-corrected chi connectivity index (χ4v) is 2.97. The Balaban J connectivity index is 1.89. The molecule has 1 fully saturated rings. The number of benzene rings is 1. The number of hydrogen-bond acceptors (Lipinski definition) is 4. The Morgan fingerprint density at radius 3 is 2.74 bits per heavy atom. The first-order valence-electron chi connectivity index (χ1n) is 7.95. The second kappa shape index (κ2) is 7.41. The predicted molar refractivity (Wildman–Crippen MR) is 90.8 cm³/mol. The first-order valence-corrected chi connectivity index (χ1v) is 8.33. The predicted octanol–water partition coefficient (Wildman–Crippen LogP) is 3.58. The van der Waals surface area contributed by atoms with E-state index in [1.807, 2.05) is 20.8 Å². The van der Waals surface area contributed by atoms with Gasteiger partial charge in [-0.3, -0.25) is 0 Å². The van der Waals surface area contributed by atoms with Gasteiger partial charge in [0, 0.05) is 29.2 Å². The van der Waals surface area contributed by atoms with E-state index < -0.39 is 5.60 Å². The molecule has 1 aliphatic carbocycles. The monoisotopic (exact) mass is 340 g/mol. The van der Waals surface area contributed by atoms with Crippen molar-refractivity contribution in [1.29, 1.82) is 0 Å². The molecule has 0 aromatic heterocycles. The molecule has 2 unspecified atom stereocenters. The summed E-state index contributed by atoms with van der Waals surface area (Å²) in [5, 5.41) is 16.8. The van der Waals surface area contributed by atoms with E-state index in [9.17, 15) is 9.90 Å². The zero-order valence-electron chi connectivity index (χ0n) is 13.9. The molecule has 1 amide bonds. The topological polar surface area (TPSA) is 70.6 Å². The van der Waals surface area contributed by atoms with Gasteiger partial charge in [-0.15, -0.1) is 0 Å². The Morgan fingerprint density at radius 2 is 2.04 bits per heavy atom. The quantitative estimate of drug-likeness (QED) is 0.783. The second-order valence-corrected chi connectivity index (χ2v) is 7.38. The molecule has 128 valence electrons. The van der Waals surface area contributed by atoms with Crippen LogP contribution in [0, 0.1) is 0 Å². The van der Waals surface area contributed by atoms with Crippen LogP contribution in [0.1, 0.15) is 45.6 Å². The summed E-state index contributed by atoms with van der Waals surface area (Å²) in [4.78, 5) is 11.9. The summed E-state index contributed by atoms with van der Waals surface area (Å²) in [7, 11) is 0. The van der Waals surface area contributed by atoms with Gasteiger partial charge >= 0.3 is 6.09 Å². The molecule has 0 aliphatic heterocycles. The van der Waals surface area contributed by atoms with Gasteiger partial charge in [-0.25, -0.2) is 4.79 Å². The van der Waals surface area contributed by atoms with Crippen LogP contribution in [-0.2, 0) is 11.3 Å². The van der Waals surface area contributed by atoms with Crippen LogP contribution in [0.4, 0.5) is 4.79 Å². The number of nitrogens with one attached hydrogen (secondary N) is 2. The maximum absolute atomic E-state index is 11.9. The minimum absolute atomic E-state index is 0.0335. The largest absolute Gasteiger partial charge is 0.508 e. The summed E-state index contributed by atoms with van der Waals surface area (Å²) < 4.78 is 5.31. The van der Waals surface area contributed by atoms with E-state index in [0.717, 1.165) is 24.8 Å². The fourth-order valence-electron chi connectivity index (χ4n) is 2.77. The van der Waals surface area contributed by atoms with Crippen LogP contribution >= 0.6 is 11.6 Å². The van der Waals surface area contributed by atoms with Gasteiger partial charge in [-0.05, 0) is 58.2 Å². The minimum Gasteiger partial charge on any atom is -0.508 e. The molecule has 0 saturated heterocycles. The highest BCUT2D eigenvalue weighted by molar-refractivity contribution is 6.30. The number of carbonyl (C=O) groups is 1. The van der Waals surface area contributed by atoms with E-state index in [0.29, 0.717) is 11.6 Å². The number of phenols is 1. The zero-order valence-corrected chi connectivity index (χ0v) is 14.6. The van der Waals surface area contributed by atoms with E-state index in [-0.39, 0.29) is 23.9 Å². The molecule has 1 saturated carbocycles. The lowest BCUT2D eigenvalue weighted by molar-refractivity contribution is 0.0498. The average Bonchev–Trinajstić information content (AvgIpc) is 2.85. The Labute approximate surface area is 142 Å². The number of halogens is 1. The van der Waals surface area contributed by atoms with Gasteiger partial charge in [0.2, 0.25) is 0 Å². The molecule has 23 heavy (non-hydrogen) atoms. The molecule has 1 aromatic rings. The van der Waals surface area contributed by atoms with E-state index >= 15 is 0 Å². The Morgan fingerprint density at radius 1 is 1.35 bits per heavy atom. The van der Waals surface area contributed by atoms with E-state index in [1.165, 1.54) is 0 Å². The first-order chi connectivity index (χ1) is 10.7. The highest BCUT2D eigenvalue weighted by Crippen LogP contribution is 2.24. The Hall–Kier alpha value is -1.46. The Kier molecular flexibility index (Phi) is 5.76. The van der Waals surface area contributed by atoms with Crippen molar-refractivity contribution in [2.24, 2.45) is 0 Å². The maximum Gasteiger partial charge on any atom is 0.407 e. The first kappa shape index (κ1) is 17.9. The third-order valence-corrected chi connectivity index (χ3v) is 4.05. The van der Waals surface area contributed by atoms with Crippen molar-refractivity contribution in [3.05, 3.63) is 28.8 Å². The lowest BCUT2D eigenvalue weighted by atomic mass is 10.1. The normalized spacial score (nSPS) is 21.2. The summed E-state index contributed by atoms with van der Waals surface area (Å²) >= 11 is 5.96. The lowest BCUT2D eigenvalue weighted by Gasteiger charge is -2.25. The molecule has 0 bridgehead atoms. The maximum atomic E-state index is 11.9. The van der Waals surface area contributed by atoms with Gasteiger partial charge in [0.15, 0.2) is 0 Å². The fraction of sp³-hybridized carbons (Fsp3) is 0.588. The molecular formula is C17H25ClN2O3. The van der Waals surface area contributed by atoms with Gasteiger partial charge in [0.25, 0.3) is 0 Å². The molecule has 3 N–H and O–H groups in total. The number of rotatable bonds is 4. The highest BCUT2D eigenvalue weighted by Gasteiger charge is 2.29. The van der Waals surface area contributed by atoms with Crippen LogP contribution in [0.3, 0.4) is 0 Å². The number of amides is 1. The molecule has 1 aliphatic rings. The average molecular weight is 341 g/mol. The zero-order chi connectivity index (χ0) is 17.0. The van der Waals surface area contributed by atoms with E-state index in [2.05, 4.69) is 10.6 Å². The van der Waals surface area contributed by atoms with Gasteiger partial charge in [0.1, 0.15) is 11.4 Å². The Bertz CT molecular complexity index is 557. The van der Waals surface area contributed by atoms with Crippen molar-refractivity contribution >= 4 is 17.7 Å². The van der Waals surface area contributed by atoms with Crippen LogP contribution in [0.5, 0.6) is 5.75 Å². The molecule has 2 rings (SSSR count). The van der Waals surface area contributed by atoms with Gasteiger partial charge in [-0.1, -0.05) is 11.6 Å². The van der Waals surface area contributed by atoms with Crippen molar-refractivity contribution in [3.63, 3.8) is 0 Å². The van der Waals surface area contributed by atoms with Crippen molar-refractivity contribution in [2.75, 3.05) is 0 Å². The summed E-state index contributed by atoms with van der Waals surface area (Å²) in [6.07, 6.45) is 2.54. The van der Waals surface area contributed by atoms with Gasteiger partial charge in [0.05, 0.1) is 0 Å². The lowest BCUT2D eigenvalue weighted by Crippen LogP contribution is -2.47. The van der Waals surface area contributed by atoms with Crippen LogP contribution in [0.15, 0.2) is 18.2 Å². The van der Waals surface area contributed by atoms with E-state index in [4.69, 9.17) is 16.3 Å². The molecule has 1 aromatic carbocycles. The van der Waals surface area contributed by atoms with Crippen molar-refractivity contribution in [3.8, 4) is 5.75 Å². The summed E-state index contributed by atoms with van der Waals surface area (Å²) in [6, 6.07) is 5.18. The molecule has 5 nitrogen and oxygen atoms in total. The standard InChI is InChI=1S/C17H25ClN2O3/c1-17(2,3)23-16(22)20-14-6-4-5-13(14)19-10-11-9-12(18)7-8-15(11)21/h7-9,13-14,19,21H,4-6,10H2,1-3H3,(H,20,22). The van der Waals surface area contributed by atoms with Crippen molar-refractivity contribution in [2.45, 2.75) is 64.3 Å². The highest BCUT2D eigenvalue weighted by atomic mass is 35.5. The SMILES string of the molecule is CC(C)(C)OC(=O)NC1CCCC1NCc1cc(Cl)ccc1O. The van der Waals surface area contributed by atoms with Crippen LogP contribution in [0.25, 0.3) is 0 Å². The van der Waals surface area contributed by atoms with Crippen LogP contribution in [0.2, 0.25) is 5.02 Å². The number of carbonyl (C=O) groups excluding carboxylic acids is 1. The number of ether oxygens (including phenoxy) is 1. The third kappa shape index (κ3) is 5.59. The smallest absolute Gasteiger partial charge is 0.407 e. The van der Waals surface area contributed by atoms with Crippen molar-refractivity contribution in [1.82, 2.24) is 10.6 Å². The summed E-state index contributed by atoms with van der Waals surface area (Å²) in [5.41, 5.74) is 0.249. The number of aromatic hydroxyl groups is 1. The molecule has 6 heteroatoms. The third-order valence-electron chi connectivity index (χ3n) is 3.81.